The number of carbonyl (C=O) groups is 3. The molecule has 7 heteroatoms. The van der Waals surface area contributed by atoms with E-state index in [0.717, 1.165) is 36.8 Å². The van der Waals surface area contributed by atoms with Gasteiger partial charge in [-0.1, -0.05) is 43.5 Å². The van der Waals surface area contributed by atoms with E-state index in [1.165, 1.54) is 11.3 Å². The first-order valence-corrected chi connectivity index (χ1v) is 11.2. The van der Waals surface area contributed by atoms with Crippen LogP contribution in [0.15, 0.2) is 24.3 Å². The smallest absolute Gasteiger partial charge is 0.408 e. The molecule has 7 nitrogen and oxygen atoms in total. The number of ether oxygens (including phenoxy) is 1. The monoisotopic (exact) mass is 431 g/mol. The number of hydrogen-bond acceptors (Lipinski definition) is 4. The van der Waals surface area contributed by atoms with Gasteiger partial charge in [0.15, 0.2) is 0 Å². The molecule has 1 saturated carbocycles. The molecule has 1 unspecified atom stereocenters. The molecule has 0 bridgehead atoms. The second-order valence-electron chi connectivity index (χ2n) is 9.14. The Morgan fingerprint density at radius 1 is 1.13 bits per heavy atom. The van der Waals surface area contributed by atoms with Crippen LogP contribution in [0.25, 0.3) is 0 Å². The fourth-order valence-corrected chi connectivity index (χ4v) is 3.94. The molecule has 1 aliphatic rings. The van der Waals surface area contributed by atoms with Crippen molar-refractivity contribution in [1.29, 1.82) is 0 Å². The Hall–Kier alpha value is -2.57. The maximum absolute atomic E-state index is 13.4. The summed E-state index contributed by atoms with van der Waals surface area (Å²) in [4.78, 5) is 39.9. The summed E-state index contributed by atoms with van der Waals surface area (Å²) < 4.78 is 5.21. The summed E-state index contributed by atoms with van der Waals surface area (Å²) in [6.45, 7) is 9.16. The summed E-state index contributed by atoms with van der Waals surface area (Å²) in [6.07, 6.45) is 4.69. The molecule has 2 N–H and O–H groups in total. The van der Waals surface area contributed by atoms with Crippen molar-refractivity contribution < 1.29 is 19.1 Å². The predicted molar refractivity (Wildman–Crippen MR) is 121 cm³/mol. The highest BCUT2D eigenvalue weighted by molar-refractivity contribution is 5.90. The molecule has 0 saturated heterocycles. The fraction of sp³-hybridized carbons (Fsp3) is 0.625. The van der Waals surface area contributed by atoms with Crippen LogP contribution < -0.4 is 10.6 Å². The highest BCUT2D eigenvalue weighted by Crippen LogP contribution is 2.26. The molecule has 2 rings (SSSR count). The number of aryl methyl sites for hydroxylation is 1. The molecule has 31 heavy (non-hydrogen) atoms. The zero-order valence-electron chi connectivity index (χ0n) is 19.5. The maximum atomic E-state index is 13.4. The average molecular weight is 432 g/mol. The minimum absolute atomic E-state index is 0.140. The molecule has 0 spiro atoms. The SMILES string of the molecule is CCN(C(=O)CNC(=O)OC(C)(C)C)C(C(=O)NC1CCCCC1)c1ccccc1C. The van der Waals surface area contributed by atoms with Crippen LogP contribution in [0.5, 0.6) is 0 Å². The largest absolute Gasteiger partial charge is 0.444 e. The molecule has 1 fully saturated rings. The van der Waals surface area contributed by atoms with Crippen molar-refractivity contribution in [2.24, 2.45) is 0 Å². The first-order valence-electron chi connectivity index (χ1n) is 11.2. The Morgan fingerprint density at radius 3 is 2.35 bits per heavy atom. The van der Waals surface area contributed by atoms with Gasteiger partial charge in [-0.3, -0.25) is 9.59 Å². The lowest BCUT2D eigenvalue weighted by molar-refractivity contribution is -0.140. The highest BCUT2D eigenvalue weighted by Gasteiger charge is 2.33. The lowest BCUT2D eigenvalue weighted by atomic mass is 9.94. The third-order valence-corrected chi connectivity index (χ3v) is 5.44. The van der Waals surface area contributed by atoms with E-state index in [4.69, 9.17) is 4.74 Å². The van der Waals surface area contributed by atoms with Gasteiger partial charge in [0.1, 0.15) is 18.2 Å². The van der Waals surface area contributed by atoms with Gasteiger partial charge >= 0.3 is 6.09 Å². The van der Waals surface area contributed by atoms with Gasteiger partial charge in [-0.25, -0.2) is 4.79 Å². The van der Waals surface area contributed by atoms with Crippen molar-refractivity contribution in [3.05, 3.63) is 35.4 Å². The average Bonchev–Trinajstić information content (AvgIpc) is 2.70. The zero-order valence-corrected chi connectivity index (χ0v) is 19.5. The van der Waals surface area contributed by atoms with Crippen molar-refractivity contribution in [3.8, 4) is 0 Å². The van der Waals surface area contributed by atoms with Gasteiger partial charge in [0.25, 0.3) is 0 Å². The van der Waals surface area contributed by atoms with Crippen LogP contribution in [0.4, 0.5) is 4.79 Å². The van der Waals surface area contributed by atoms with Gasteiger partial charge in [-0.05, 0) is 58.6 Å². The van der Waals surface area contributed by atoms with Crippen LogP contribution in [0, 0.1) is 6.92 Å². The van der Waals surface area contributed by atoms with Crippen molar-refractivity contribution in [3.63, 3.8) is 0 Å². The van der Waals surface area contributed by atoms with E-state index < -0.39 is 17.7 Å². The van der Waals surface area contributed by atoms with E-state index in [0.29, 0.717) is 6.54 Å². The Kier molecular flexibility index (Phi) is 8.89. The number of nitrogens with one attached hydrogen (secondary N) is 2. The van der Waals surface area contributed by atoms with Crippen LogP contribution in [0.2, 0.25) is 0 Å². The van der Waals surface area contributed by atoms with Crippen LogP contribution in [-0.2, 0) is 14.3 Å². The van der Waals surface area contributed by atoms with E-state index >= 15 is 0 Å². The molecule has 3 amide bonds. The number of alkyl carbamates (subject to hydrolysis) is 1. The van der Waals surface area contributed by atoms with E-state index in [1.54, 1.807) is 20.8 Å². The summed E-state index contributed by atoms with van der Waals surface area (Å²) in [5, 5.41) is 5.68. The van der Waals surface area contributed by atoms with Gasteiger partial charge in [0, 0.05) is 12.6 Å². The molecule has 0 aliphatic heterocycles. The molecule has 172 valence electrons. The standard InChI is InChI=1S/C24H37N3O4/c1-6-27(20(28)16-25-23(30)31-24(3,4)5)21(19-15-11-10-12-17(19)2)22(29)26-18-13-8-7-9-14-18/h10-12,15,18,21H,6-9,13-14,16H2,1-5H3,(H,25,30)(H,26,29). The number of hydrogen-bond donors (Lipinski definition) is 2. The van der Waals surface area contributed by atoms with E-state index in [-0.39, 0.29) is 24.4 Å². The normalized spacial score (nSPS) is 15.6. The zero-order chi connectivity index (χ0) is 23.0. The number of rotatable bonds is 7. The Labute approximate surface area is 185 Å². The summed E-state index contributed by atoms with van der Waals surface area (Å²) in [6, 6.07) is 7.01. The quantitative estimate of drug-likeness (QED) is 0.686. The van der Waals surface area contributed by atoms with E-state index in [1.807, 2.05) is 38.1 Å². The van der Waals surface area contributed by atoms with Crippen molar-refractivity contribution in [2.45, 2.75) is 84.4 Å². The van der Waals surface area contributed by atoms with E-state index in [9.17, 15) is 14.4 Å². The molecule has 1 aliphatic carbocycles. The molecular formula is C24H37N3O4. The van der Waals surface area contributed by atoms with Gasteiger partial charge in [0.05, 0.1) is 0 Å². The van der Waals surface area contributed by atoms with Crippen LogP contribution in [-0.4, -0.2) is 47.5 Å². The molecule has 1 aromatic rings. The molecular weight excluding hydrogens is 394 g/mol. The van der Waals surface area contributed by atoms with Gasteiger partial charge in [-0.15, -0.1) is 0 Å². The Balaban J connectivity index is 2.19. The molecule has 0 heterocycles. The fourth-order valence-electron chi connectivity index (χ4n) is 3.94. The topological polar surface area (TPSA) is 87.7 Å². The number of amides is 3. The maximum Gasteiger partial charge on any atom is 0.408 e. The first kappa shape index (κ1) is 24.7. The minimum Gasteiger partial charge on any atom is -0.444 e. The number of benzene rings is 1. The van der Waals surface area contributed by atoms with Crippen LogP contribution in [0.3, 0.4) is 0 Å². The summed E-state index contributed by atoms with van der Waals surface area (Å²) >= 11 is 0. The Bertz CT molecular complexity index is 766. The number of likely N-dealkylation sites (N-methyl/N-ethyl adjacent to an activating group) is 1. The second kappa shape index (κ2) is 11.2. The van der Waals surface area contributed by atoms with Gasteiger partial charge in [0.2, 0.25) is 11.8 Å². The second-order valence-corrected chi connectivity index (χ2v) is 9.14. The highest BCUT2D eigenvalue weighted by atomic mass is 16.6. The number of nitrogens with zero attached hydrogens (tertiary/aromatic N) is 1. The van der Waals surface area contributed by atoms with Gasteiger partial charge < -0.3 is 20.3 Å². The summed E-state index contributed by atoms with van der Waals surface area (Å²) in [5.41, 5.74) is 1.09. The lowest BCUT2D eigenvalue weighted by Gasteiger charge is -2.33. The van der Waals surface area contributed by atoms with Crippen LogP contribution >= 0.6 is 0 Å². The van der Waals surface area contributed by atoms with E-state index in [2.05, 4.69) is 10.6 Å². The molecule has 1 aromatic carbocycles. The van der Waals surface area contributed by atoms with Crippen molar-refractivity contribution in [1.82, 2.24) is 15.5 Å². The third-order valence-electron chi connectivity index (χ3n) is 5.44. The van der Waals surface area contributed by atoms with Crippen molar-refractivity contribution in [2.75, 3.05) is 13.1 Å². The number of carbonyl (C=O) groups excluding carboxylic acids is 3. The third kappa shape index (κ3) is 7.56. The van der Waals surface area contributed by atoms with Gasteiger partial charge in [-0.2, -0.15) is 0 Å². The summed E-state index contributed by atoms with van der Waals surface area (Å²) in [7, 11) is 0. The van der Waals surface area contributed by atoms with Crippen LogP contribution in [0.1, 0.15) is 77.0 Å². The summed E-state index contributed by atoms with van der Waals surface area (Å²) in [5.74, 6) is -0.505. The molecule has 1 atom stereocenters. The minimum atomic E-state index is -0.749. The van der Waals surface area contributed by atoms with Crippen molar-refractivity contribution >= 4 is 17.9 Å². The first-order chi connectivity index (χ1) is 14.6. The molecule has 0 aromatic heterocycles. The lowest BCUT2D eigenvalue weighted by Crippen LogP contribution is -2.49. The Morgan fingerprint density at radius 2 is 1.77 bits per heavy atom. The predicted octanol–water partition coefficient (Wildman–Crippen LogP) is 3.86. The molecule has 0 radical (unpaired) electrons.